The lowest BCUT2D eigenvalue weighted by Gasteiger charge is -2.20. The zero-order chi connectivity index (χ0) is 33.2. The summed E-state index contributed by atoms with van der Waals surface area (Å²) in [6.07, 6.45) is 5.92. The van der Waals surface area contributed by atoms with Crippen LogP contribution in [0.15, 0.2) is 164 Å². The second-order valence-electron chi connectivity index (χ2n) is 13.7. The number of hydrogen-bond acceptors (Lipinski definition) is 2. The molecule has 0 N–H and O–H groups in total. The summed E-state index contributed by atoms with van der Waals surface area (Å²) in [5.74, 6) is 0.697. The molecule has 2 heterocycles. The molecule has 12 aromatic rings. The molecule has 0 amide bonds. The summed E-state index contributed by atoms with van der Waals surface area (Å²) in [5.41, 5.74) is 4.55. The number of rotatable bonds is 2. The molecule has 12 rings (SSSR count). The lowest BCUT2D eigenvalue weighted by molar-refractivity contribution is 1.11. The molecule has 51 heavy (non-hydrogen) atoms. The van der Waals surface area contributed by atoms with Crippen LogP contribution in [0.3, 0.4) is 0 Å². The maximum atomic E-state index is 5.03. The van der Waals surface area contributed by atoms with Gasteiger partial charge in [0.05, 0.1) is 5.69 Å². The fourth-order valence-corrected chi connectivity index (χ4v) is 9.15. The van der Waals surface area contributed by atoms with Crippen molar-refractivity contribution < 1.29 is 0 Å². The molecule has 3 nitrogen and oxygen atoms in total. The first-order valence-corrected chi connectivity index (χ1v) is 17.5. The van der Waals surface area contributed by atoms with Crippen molar-refractivity contribution in [3.63, 3.8) is 0 Å². The van der Waals surface area contributed by atoms with Crippen LogP contribution in [-0.4, -0.2) is 14.4 Å². The van der Waals surface area contributed by atoms with E-state index in [1.807, 2.05) is 16.7 Å². The summed E-state index contributed by atoms with van der Waals surface area (Å²) < 4.78 is 2.01. The Morgan fingerprint density at radius 2 is 0.882 bits per heavy atom. The van der Waals surface area contributed by atoms with Crippen molar-refractivity contribution in [2.75, 3.05) is 0 Å². The van der Waals surface area contributed by atoms with Crippen molar-refractivity contribution in [2.45, 2.75) is 0 Å². The van der Waals surface area contributed by atoms with E-state index in [1.54, 1.807) is 6.20 Å². The summed E-state index contributed by atoms with van der Waals surface area (Å²) in [6, 6.07) is 54.0. The first-order valence-electron chi connectivity index (χ1n) is 17.5. The molecule has 0 aliphatic rings. The van der Waals surface area contributed by atoms with E-state index in [1.165, 1.54) is 97.3 Å². The second-order valence-corrected chi connectivity index (χ2v) is 13.7. The highest BCUT2D eigenvalue weighted by atomic mass is 15.1. The molecular weight excluding hydrogens is 619 g/mol. The van der Waals surface area contributed by atoms with Crippen LogP contribution < -0.4 is 0 Å². The topological polar surface area (TPSA) is 30.2 Å². The molecule has 0 fully saturated rings. The molecule has 2 aromatic heterocycles. The van der Waals surface area contributed by atoms with Crippen LogP contribution in [0.4, 0.5) is 0 Å². The minimum Gasteiger partial charge on any atom is -0.291 e. The summed E-state index contributed by atoms with van der Waals surface area (Å²) >= 11 is 0. The maximum absolute atomic E-state index is 5.03. The van der Waals surface area contributed by atoms with Crippen LogP contribution in [0, 0.1) is 0 Å². The highest BCUT2D eigenvalue weighted by Crippen LogP contribution is 2.49. The molecule has 0 bridgehead atoms. The largest absolute Gasteiger partial charge is 0.291 e. The van der Waals surface area contributed by atoms with E-state index in [4.69, 9.17) is 4.98 Å². The van der Waals surface area contributed by atoms with E-state index in [0.717, 1.165) is 11.3 Å². The minimum absolute atomic E-state index is 0.697. The Morgan fingerprint density at radius 1 is 0.392 bits per heavy atom. The lowest BCUT2D eigenvalue weighted by atomic mass is 9.82. The fraction of sp³-hybridized carbons (Fsp3) is 0. The molecule has 0 radical (unpaired) electrons. The Hall–Kier alpha value is -6.84. The summed E-state index contributed by atoms with van der Waals surface area (Å²) in [5, 5.41) is 20.3. The first kappa shape index (κ1) is 27.0. The second kappa shape index (κ2) is 9.87. The molecule has 0 aliphatic heterocycles. The van der Waals surface area contributed by atoms with Gasteiger partial charge in [-0.15, -0.1) is 0 Å². The molecule has 0 aliphatic carbocycles. The third-order valence-corrected chi connectivity index (χ3v) is 11.2. The predicted octanol–water partition coefficient (Wildman–Crippen LogP) is 12.7. The van der Waals surface area contributed by atoms with Gasteiger partial charge in [-0.25, -0.2) is 9.97 Å². The van der Waals surface area contributed by atoms with Crippen LogP contribution >= 0.6 is 0 Å². The maximum Gasteiger partial charge on any atom is 0.234 e. The first-order chi connectivity index (χ1) is 25.3. The third-order valence-electron chi connectivity index (χ3n) is 11.2. The van der Waals surface area contributed by atoms with Crippen LogP contribution in [0.2, 0.25) is 0 Å². The molecule has 0 saturated heterocycles. The van der Waals surface area contributed by atoms with Crippen LogP contribution in [0.1, 0.15) is 0 Å². The van der Waals surface area contributed by atoms with E-state index in [-0.39, 0.29) is 0 Å². The Labute approximate surface area is 292 Å². The SMILES string of the molecule is c1ccc2c(-c3cc4cccc5c6cccc7ccc8cccc(c9cccc3c9c45)c8c76)c3ccccc3c(-c3cn4cccnc4n3)c2c1. The lowest BCUT2D eigenvalue weighted by Crippen LogP contribution is -1.93. The zero-order valence-electron chi connectivity index (χ0n) is 27.4. The highest BCUT2D eigenvalue weighted by molar-refractivity contribution is 6.38. The van der Waals surface area contributed by atoms with Gasteiger partial charge in [0.2, 0.25) is 5.78 Å². The van der Waals surface area contributed by atoms with Gasteiger partial charge in [0.25, 0.3) is 0 Å². The molecular formula is C48H27N3. The number of aromatic nitrogens is 3. The van der Waals surface area contributed by atoms with Gasteiger partial charge in [0.15, 0.2) is 0 Å². The van der Waals surface area contributed by atoms with Gasteiger partial charge in [-0.3, -0.25) is 4.40 Å². The Bertz CT molecular complexity index is 3340. The third kappa shape index (κ3) is 3.57. The van der Waals surface area contributed by atoms with Gasteiger partial charge < -0.3 is 0 Å². The number of hydrogen-bond donors (Lipinski definition) is 0. The van der Waals surface area contributed by atoms with Crippen LogP contribution in [0.5, 0.6) is 0 Å². The van der Waals surface area contributed by atoms with Crippen molar-refractivity contribution in [3.05, 3.63) is 164 Å². The van der Waals surface area contributed by atoms with Crippen molar-refractivity contribution in [1.82, 2.24) is 14.4 Å². The van der Waals surface area contributed by atoms with Crippen molar-refractivity contribution in [1.29, 1.82) is 0 Å². The highest BCUT2D eigenvalue weighted by Gasteiger charge is 2.22. The molecule has 0 saturated carbocycles. The molecule has 0 atom stereocenters. The molecule has 0 spiro atoms. The molecule has 3 heteroatoms. The van der Waals surface area contributed by atoms with E-state index >= 15 is 0 Å². The van der Waals surface area contributed by atoms with Gasteiger partial charge >= 0.3 is 0 Å². The smallest absolute Gasteiger partial charge is 0.234 e. The normalized spacial score (nSPS) is 12.3. The average molecular weight is 646 g/mol. The van der Waals surface area contributed by atoms with Crippen LogP contribution in [0.25, 0.3) is 114 Å². The van der Waals surface area contributed by atoms with Gasteiger partial charge in [0.1, 0.15) is 0 Å². The van der Waals surface area contributed by atoms with Crippen LogP contribution in [-0.2, 0) is 0 Å². The van der Waals surface area contributed by atoms with E-state index in [0.29, 0.717) is 5.78 Å². The molecule has 234 valence electrons. The average Bonchev–Trinajstić information content (AvgIpc) is 3.62. The summed E-state index contributed by atoms with van der Waals surface area (Å²) in [6.45, 7) is 0. The minimum atomic E-state index is 0.697. The Kier molecular flexibility index (Phi) is 5.23. The quantitative estimate of drug-likeness (QED) is 0.138. The van der Waals surface area contributed by atoms with E-state index in [9.17, 15) is 0 Å². The van der Waals surface area contributed by atoms with Gasteiger partial charge in [-0.2, -0.15) is 0 Å². The molecule has 10 aromatic carbocycles. The van der Waals surface area contributed by atoms with Gasteiger partial charge in [-0.1, -0.05) is 133 Å². The number of fused-ring (bicyclic) bond motifs is 5. The van der Waals surface area contributed by atoms with E-state index < -0.39 is 0 Å². The standard InChI is InChI=1S/C48H27N3/c1-3-15-36-34(13-1)45(35-14-2-4-16-37(35)46(36)41-27-51-25-9-24-49-48(51)50-41)40-26-30-12-7-19-32-31-17-5-10-28-22-23-29-11-6-18-33(43(29)42(28)31)38-20-8-21-39(40)47(38)44(30)32/h1-27H. The Morgan fingerprint density at radius 3 is 1.49 bits per heavy atom. The molecule has 0 unspecified atom stereocenters. The fourth-order valence-electron chi connectivity index (χ4n) is 9.15. The van der Waals surface area contributed by atoms with Crippen molar-refractivity contribution >= 4 is 92.0 Å². The van der Waals surface area contributed by atoms with Crippen molar-refractivity contribution in [2.24, 2.45) is 0 Å². The summed E-state index contributed by atoms with van der Waals surface area (Å²) in [7, 11) is 0. The number of imidazole rings is 1. The number of nitrogens with zero attached hydrogens (tertiary/aromatic N) is 3. The summed E-state index contributed by atoms with van der Waals surface area (Å²) in [4.78, 5) is 9.57. The van der Waals surface area contributed by atoms with Crippen molar-refractivity contribution in [3.8, 4) is 22.4 Å². The van der Waals surface area contributed by atoms with Gasteiger partial charge in [-0.05, 0) is 109 Å². The van der Waals surface area contributed by atoms with E-state index in [2.05, 4.69) is 151 Å². The predicted molar refractivity (Wildman–Crippen MR) is 215 cm³/mol. The number of benzene rings is 9. The van der Waals surface area contributed by atoms with Gasteiger partial charge in [0, 0.05) is 24.2 Å². The Balaban J connectivity index is 1.31. The zero-order valence-corrected chi connectivity index (χ0v) is 27.4. The monoisotopic (exact) mass is 645 g/mol.